The zero-order valence-electron chi connectivity index (χ0n) is 17.9. The normalized spacial score (nSPS) is 11.1. The summed E-state index contributed by atoms with van der Waals surface area (Å²) in [6, 6.07) is 0. The van der Waals surface area contributed by atoms with Crippen molar-refractivity contribution in [2.75, 3.05) is 26.3 Å². The van der Waals surface area contributed by atoms with Gasteiger partial charge in [0, 0.05) is 38.5 Å². The van der Waals surface area contributed by atoms with Gasteiger partial charge in [0.25, 0.3) is 0 Å². The van der Waals surface area contributed by atoms with Crippen molar-refractivity contribution in [1.82, 2.24) is 4.90 Å². The van der Waals surface area contributed by atoms with Crippen LogP contribution in [0, 0.1) is 0 Å². The first-order chi connectivity index (χ1) is 14.0. The van der Waals surface area contributed by atoms with Crippen molar-refractivity contribution < 1.29 is 29.3 Å². The molecule has 0 radical (unpaired) electrons. The largest absolute Gasteiger partial charge is 0.481 e. The van der Waals surface area contributed by atoms with Crippen LogP contribution in [0.1, 0.15) is 84.0 Å². The highest BCUT2D eigenvalue weighted by Crippen LogP contribution is 2.10. The van der Waals surface area contributed by atoms with Gasteiger partial charge in [0.2, 0.25) is 5.91 Å². The standard InChI is InChI=1S/C22H39NO6/c1-2-3-4-5-6-7-8-9-10-11-18-29-19-12-16-23(17-15-22(27)28)20(24)13-14-21(25)26/h13-14H,2-12,15-19H2,1H3,(H,25,26)(H,27,28)/b14-13-. The maximum atomic E-state index is 12.0. The summed E-state index contributed by atoms with van der Waals surface area (Å²) in [5, 5.41) is 17.4. The van der Waals surface area contributed by atoms with Gasteiger partial charge in [-0.1, -0.05) is 64.7 Å². The number of ether oxygens (including phenoxy) is 1. The van der Waals surface area contributed by atoms with Gasteiger partial charge in [0.1, 0.15) is 0 Å². The van der Waals surface area contributed by atoms with E-state index >= 15 is 0 Å². The first kappa shape index (κ1) is 27.1. The fraction of sp³-hybridized carbons (Fsp3) is 0.773. The number of nitrogens with zero attached hydrogens (tertiary/aromatic N) is 1. The molecule has 0 heterocycles. The van der Waals surface area contributed by atoms with E-state index in [1.807, 2.05) is 0 Å². The van der Waals surface area contributed by atoms with Crippen LogP contribution in [-0.2, 0) is 19.1 Å². The van der Waals surface area contributed by atoms with Crippen molar-refractivity contribution in [2.24, 2.45) is 0 Å². The fourth-order valence-corrected chi connectivity index (χ4v) is 2.96. The predicted octanol–water partition coefficient (Wildman–Crippen LogP) is 4.26. The number of amides is 1. The van der Waals surface area contributed by atoms with Gasteiger partial charge in [-0.3, -0.25) is 9.59 Å². The molecule has 168 valence electrons. The molecular formula is C22H39NO6. The van der Waals surface area contributed by atoms with Crippen molar-refractivity contribution in [2.45, 2.75) is 84.0 Å². The highest BCUT2D eigenvalue weighted by molar-refractivity contribution is 5.94. The minimum atomic E-state index is -1.21. The third-order valence-corrected chi connectivity index (χ3v) is 4.63. The number of carboxylic acids is 2. The summed E-state index contributed by atoms with van der Waals surface area (Å²) < 4.78 is 5.59. The second kappa shape index (κ2) is 19.4. The van der Waals surface area contributed by atoms with Crippen molar-refractivity contribution in [3.05, 3.63) is 12.2 Å². The number of unbranched alkanes of at least 4 members (excludes halogenated alkanes) is 9. The van der Waals surface area contributed by atoms with Crippen molar-refractivity contribution in [1.29, 1.82) is 0 Å². The molecule has 0 aromatic heterocycles. The molecule has 0 aromatic carbocycles. The van der Waals surface area contributed by atoms with Crippen LogP contribution in [0.15, 0.2) is 12.2 Å². The van der Waals surface area contributed by atoms with Gasteiger partial charge in [-0.05, 0) is 12.8 Å². The van der Waals surface area contributed by atoms with Crippen LogP contribution in [-0.4, -0.2) is 59.3 Å². The minimum absolute atomic E-state index is 0.0522. The highest BCUT2D eigenvalue weighted by Gasteiger charge is 2.12. The molecule has 0 aromatic rings. The Kier molecular flexibility index (Phi) is 18.2. The number of carboxylic acid groups (broad SMARTS) is 2. The molecule has 0 aliphatic carbocycles. The smallest absolute Gasteiger partial charge is 0.328 e. The predicted molar refractivity (Wildman–Crippen MR) is 113 cm³/mol. The summed E-state index contributed by atoms with van der Waals surface area (Å²) in [4.78, 5) is 34.5. The topological polar surface area (TPSA) is 104 Å². The van der Waals surface area contributed by atoms with Crippen LogP contribution in [0.25, 0.3) is 0 Å². The fourth-order valence-electron chi connectivity index (χ4n) is 2.96. The van der Waals surface area contributed by atoms with E-state index in [1.165, 1.54) is 56.3 Å². The zero-order valence-corrected chi connectivity index (χ0v) is 17.9. The van der Waals surface area contributed by atoms with E-state index in [9.17, 15) is 14.4 Å². The molecule has 0 aliphatic rings. The first-order valence-corrected chi connectivity index (χ1v) is 11.0. The van der Waals surface area contributed by atoms with E-state index in [0.717, 1.165) is 25.0 Å². The molecule has 0 saturated heterocycles. The molecule has 0 unspecified atom stereocenters. The van der Waals surface area contributed by atoms with Crippen molar-refractivity contribution >= 4 is 17.8 Å². The molecule has 29 heavy (non-hydrogen) atoms. The summed E-state index contributed by atoms with van der Waals surface area (Å²) in [6.45, 7) is 3.82. The summed E-state index contributed by atoms with van der Waals surface area (Å²) in [5.41, 5.74) is 0. The van der Waals surface area contributed by atoms with Crippen LogP contribution in [0.5, 0.6) is 0 Å². The summed E-state index contributed by atoms with van der Waals surface area (Å²) in [5.74, 6) is -2.71. The molecule has 0 saturated carbocycles. The molecule has 0 bridgehead atoms. The highest BCUT2D eigenvalue weighted by atomic mass is 16.5. The molecule has 2 N–H and O–H groups in total. The lowest BCUT2D eigenvalue weighted by Gasteiger charge is -2.20. The zero-order chi connectivity index (χ0) is 21.7. The van der Waals surface area contributed by atoms with Crippen LogP contribution in [0.4, 0.5) is 0 Å². The van der Waals surface area contributed by atoms with Gasteiger partial charge in [-0.2, -0.15) is 0 Å². The summed E-state index contributed by atoms with van der Waals surface area (Å²) >= 11 is 0. The Balaban J connectivity index is 3.74. The van der Waals surface area contributed by atoms with Gasteiger partial charge in [-0.15, -0.1) is 0 Å². The van der Waals surface area contributed by atoms with Crippen LogP contribution in [0.3, 0.4) is 0 Å². The van der Waals surface area contributed by atoms with Gasteiger partial charge in [-0.25, -0.2) is 4.79 Å². The van der Waals surface area contributed by atoms with Gasteiger partial charge < -0.3 is 19.8 Å². The SMILES string of the molecule is CCCCCCCCCCCCOCCCN(CCC(=O)O)C(=O)/C=C\C(=O)O. The Morgan fingerprint density at radius 1 is 0.759 bits per heavy atom. The number of hydrogen-bond donors (Lipinski definition) is 2. The molecule has 0 aliphatic heterocycles. The minimum Gasteiger partial charge on any atom is -0.481 e. The quantitative estimate of drug-likeness (QED) is 0.228. The lowest BCUT2D eigenvalue weighted by atomic mass is 10.1. The number of carbonyl (C=O) groups excluding carboxylic acids is 1. The van der Waals surface area contributed by atoms with Gasteiger partial charge in [0.15, 0.2) is 0 Å². The Morgan fingerprint density at radius 2 is 1.31 bits per heavy atom. The second-order valence-electron chi connectivity index (χ2n) is 7.29. The molecule has 7 heteroatoms. The maximum absolute atomic E-state index is 12.0. The van der Waals surface area contributed by atoms with E-state index in [0.29, 0.717) is 26.2 Å². The Bertz CT molecular complexity index is 478. The van der Waals surface area contributed by atoms with Crippen molar-refractivity contribution in [3.63, 3.8) is 0 Å². The molecule has 7 nitrogen and oxygen atoms in total. The van der Waals surface area contributed by atoms with Crippen LogP contribution in [0.2, 0.25) is 0 Å². The molecule has 0 rings (SSSR count). The number of aliphatic carboxylic acids is 2. The van der Waals surface area contributed by atoms with E-state index < -0.39 is 17.8 Å². The van der Waals surface area contributed by atoms with E-state index in [1.54, 1.807) is 0 Å². The van der Waals surface area contributed by atoms with Gasteiger partial charge in [0.05, 0.1) is 6.42 Å². The van der Waals surface area contributed by atoms with Crippen LogP contribution >= 0.6 is 0 Å². The lowest BCUT2D eigenvalue weighted by Crippen LogP contribution is -2.33. The van der Waals surface area contributed by atoms with Crippen molar-refractivity contribution in [3.8, 4) is 0 Å². The number of carbonyl (C=O) groups is 3. The Hall–Kier alpha value is -1.89. The molecule has 0 spiro atoms. The van der Waals surface area contributed by atoms with Gasteiger partial charge >= 0.3 is 11.9 Å². The molecule has 0 atom stereocenters. The third-order valence-electron chi connectivity index (χ3n) is 4.63. The molecular weight excluding hydrogens is 374 g/mol. The van der Waals surface area contributed by atoms with E-state index in [-0.39, 0.29) is 13.0 Å². The second-order valence-corrected chi connectivity index (χ2v) is 7.29. The Morgan fingerprint density at radius 3 is 1.86 bits per heavy atom. The lowest BCUT2D eigenvalue weighted by molar-refractivity contribution is -0.138. The molecule has 1 amide bonds. The summed E-state index contributed by atoms with van der Waals surface area (Å²) in [6.07, 6.45) is 14.9. The van der Waals surface area contributed by atoms with Crippen LogP contribution < -0.4 is 0 Å². The number of hydrogen-bond acceptors (Lipinski definition) is 4. The first-order valence-electron chi connectivity index (χ1n) is 11.0. The molecule has 0 fully saturated rings. The monoisotopic (exact) mass is 413 g/mol. The Labute approximate surface area is 175 Å². The van der Waals surface area contributed by atoms with E-state index in [4.69, 9.17) is 14.9 Å². The maximum Gasteiger partial charge on any atom is 0.328 e. The number of rotatable bonds is 20. The van der Waals surface area contributed by atoms with E-state index in [2.05, 4.69) is 6.92 Å². The average Bonchev–Trinajstić information content (AvgIpc) is 2.68. The average molecular weight is 414 g/mol. The summed E-state index contributed by atoms with van der Waals surface area (Å²) in [7, 11) is 0. The third kappa shape index (κ3) is 19.2.